The van der Waals surface area contributed by atoms with Gasteiger partial charge in [-0.15, -0.1) is 0 Å². The monoisotopic (exact) mass is 340 g/mol. The summed E-state index contributed by atoms with van der Waals surface area (Å²) in [4.78, 5) is 9.48. The summed E-state index contributed by atoms with van der Waals surface area (Å²) in [5.41, 5.74) is 11.0. The zero-order chi connectivity index (χ0) is 18.1. The topological polar surface area (TPSA) is 56.7 Å². The van der Waals surface area contributed by atoms with Gasteiger partial charge in [0, 0.05) is 22.7 Å². The van der Waals surface area contributed by atoms with E-state index in [-0.39, 0.29) is 0 Å². The van der Waals surface area contributed by atoms with E-state index in [1.54, 1.807) is 6.20 Å². The van der Waals surface area contributed by atoms with Crippen molar-refractivity contribution in [2.45, 2.75) is 13.8 Å². The summed E-state index contributed by atoms with van der Waals surface area (Å²) in [6, 6.07) is 20.4. The second kappa shape index (κ2) is 6.48. The SMILES string of the molecule is Cc1cc(-n2c(/C=C\N)c(C)c3ccccc32)nc(-c2ccccc2)n1. The summed E-state index contributed by atoms with van der Waals surface area (Å²) in [6.45, 7) is 4.11. The zero-order valence-corrected chi connectivity index (χ0v) is 14.8. The van der Waals surface area contributed by atoms with Gasteiger partial charge in [-0.05, 0) is 37.8 Å². The fourth-order valence-electron chi connectivity index (χ4n) is 3.34. The molecule has 4 heteroatoms. The van der Waals surface area contributed by atoms with Crippen LogP contribution in [0.1, 0.15) is 17.0 Å². The molecule has 4 nitrogen and oxygen atoms in total. The van der Waals surface area contributed by atoms with Gasteiger partial charge in [-0.25, -0.2) is 9.97 Å². The highest BCUT2D eigenvalue weighted by Gasteiger charge is 2.15. The molecule has 0 unspecified atom stereocenters. The van der Waals surface area contributed by atoms with Crippen LogP contribution in [0.15, 0.2) is 66.9 Å². The van der Waals surface area contributed by atoms with Crippen molar-refractivity contribution in [2.75, 3.05) is 0 Å². The minimum Gasteiger partial charge on any atom is -0.405 e. The molecule has 0 amide bonds. The Morgan fingerprint density at radius 2 is 1.65 bits per heavy atom. The molecule has 2 aromatic carbocycles. The molecule has 0 fully saturated rings. The maximum absolute atomic E-state index is 5.72. The van der Waals surface area contributed by atoms with Gasteiger partial charge < -0.3 is 5.73 Å². The third-order valence-corrected chi connectivity index (χ3v) is 4.53. The van der Waals surface area contributed by atoms with Gasteiger partial charge >= 0.3 is 0 Å². The van der Waals surface area contributed by atoms with Gasteiger partial charge in [0.25, 0.3) is 0 Å². The van der Waals surface area contributed by atoms with Gasteiger partial charge in [0.2, 0.25) is 0 Å². The van der Waals surface area contributed by atoms with Crippen molar-refractivity contribution in [3.05, 3.63) is 83.8 Å². The highest BCUT2D eigenvalue weighted by molar-refractivity contribution is 5.89. The highest BCUT2D eigenvalue weighted by atomic mass is 15.1. The van der Waals surface area contributed by atoms with E-state index < -0.39 is 0 Å². The molecule has 2 heterocycles. The standard InChI is InChI=1S/C22H20N4/c1-15-14-21(25-22(24-15)17-8-4-3-5-9-17)26-19(12-13-23)16(2)18-10-6-7-11-20(18)26/h3-14H,23H2,1-2H3/b13-12-. The van der Waals surface area contributed by atoms with Crippen molar-refractivity contribution in [1.29, 1.82) is 0 Å². The van der Waals surface area contributed by atoms with E-state index in [9.17, 15) is 0 Å². The third-order valence-electron chi connectivity index (χ3n) is 4.53. The van der Waals surface area contributed by atoms with Crippen LogP contribution in [-0.4, -0.2) is 14.5 Å². The van der Waals surface area contributed by atoms with E-state index >= 15 is 0 Å². The summed E-state index contributed by atoms with van der Waals surface area (Å²) < 4.78 is 2.15. The molecule has 0 radical (unpaired) electrons. The number of para-hydroxylation sites is 1. The molecule has 0 aliphatic heterocycles. The summed E-state index contributed by atoms with van der Waals surface area (Å²) in [5.74, 6) is 1.56. The Morgan fingerprint density at radius 1 is 0.923 bits per heavy atom. The largest absolute Gasteiger partial charge is 0.405 e. The van der Waals surface area contributed by atoms with Crippen LogP contribution >= 0.6 is 0 Å². The van der Waals surface area contributed by atoms with E-state index in [0.29, 0.717) is 0 Å². The van der Waals surface area contributed by atoms with Crippen LogP contribution < -0.4 is 5.73 Å². The number of aryl methyl sites for hydroxylation is 2. The van der Waals surface area contributed by atoms with Gasteiger partial charge in [-0.1, -0.05) is 48.5 Å². The van der Waals surface area contributed by atoms with Crippen LogP contribution in [0, 0.1) is 13.8 Å². The lowest BCUT2D eigenvalue weighted by Crippen LogP contribution is -2.04. The van der Waals surface area contributed by atoms with Crippen LogP contribution in [0.25, 0.3) is 34.2 Å². The van der Waals surface area contributed by atoms with Crippen LogP contribution in [0.3, 0.4) is 0 Å². The van der Waals surface area contributed by atoms with Gasteiger partial charge in [-0.2, -0.15) is 0 Å². The number of rotatable bonds is 3. The van der Waals surface area contributed by atoms with Crippen LogP contribution in [0.4, 0.5) is 0 Å². The smallest absolute Gasteiger partial charge is 0.161 e. The average Bonchev–Trinajstić information content (AvgIpc) is 2.95. The maximum atomic E-state index is 5.72. The molecule has 0 atom stereocenters. The van der Waals surface area contributed by atoms with E-state index in [0.717, 1.165) is 34.1 Å². The van der Waals surface area contributed by atoms with E-state index in [2.05, 4.69) is 34.7 Å². The number of aromatic nitrogens is 3. The second-order valence-corrected chi connectivity index (χ2v) is 6.28. The van der Waals surface area contributed by atoms with E-state index in [1.165, 1.54) is 10.9 Å². The molecule has 2 N–H and O–H groups in total. The van der Waals surface area contributed by atoms with Crippen LogP contribution in [-0.2, 0) is 0 Å². The first kappa shape index (κ1) is 16.1. The van der Waals surface area contributed by atoms with Crippen LogP contribution in [0.5, 0.6) is 0 Å². The lowest BCUT2D eigenvalue weighted by molar-refractivity contribution is 0.984. The van der Waals surface area contributed by atoms with Crippen molar-refractivity contribution in [1.82, 2.24) is 14.5 Å². The molecule has 0 saturated carbocycles. The molecule has 0 aliphatic carbocycles. The third kappa shape index (κ3) is 2.65. The summed E-state index contributed by atoms with van der Waals surface area (Å²) >= 11 is 0. The van der Waals surface area contributed by atoms with Crippen LogP contribution in [0.2, 0.25) is 0 Å². The van der Waals surface area contributed by atoms with Crippen molar-refractivity contribution >= 4 is 17.0 Å². The molecule has 0 aliphatic rings. The van der Waals surface area contributed by atoms with Crippen molar-refractivity contribution in [3.8, 4) is 17.2 Å². The normalized spacial score (nSPS) is 11.5. The quantitative estimate of drug-likeness (QED) is 0.591. The molecular formula is C22H20N4. The van der Waals surface area contributed by atoms with Crippen molar-refractivity contribution < 1.29 is 0 Å². The number of hydrogen-bond acceptors (Lipinski definition) is 3. The Balaban J connectivity index is 2.02. The van der Waals surface area contributed by atoms with Crippen molar-refractivity contribution in [3.63, 3.8) is 0 Å². The molecule has 0 bridgehead atoms. The van der Waals surface area contributed by atoms with Crippen molar-refractivity contribution in [2.24, 2.45) is 5.73 Å². The van der Waals surface area contributed by atoms with Gasteiger partial charge in [-0.3, -0.25) is 4.57 Å². The minimum atomic E-state index is 0.721. The molecule has 4 aromatic rings. The summed E-state index contributed by atoms with van der Waals surface area (Å²) in [6.07, 6.45) is 3.50. The van der Waals surface area contributed by atoms with Gasteiger partial charge in [0.15, 0.2) is 5.82 Å². The summed E-state index contributed by atoms with van der Waals surface area (Å²) in [5, 5.41) is 1.19. The number of hydrogen-bond donors (Lipinski definition) is 1. The van der Waals surface area contributed by atoms with E-state index in [1.807, 2.05) is 55.5 Å². The average molecular weight is 340 g/mol. The summed E-state index contributed by atoms with van der Waals surface area (Å²) in [7, 11) is 0. The fourth-order valence-corrected chi connectivity index (χ4v) is 3.34. The number of nitrogens with two attached hydrogens (primary N) is 1. The fraction of sp³-hybridized carbons (Fsp3) is 0.0909. The van der Waals surface area contributed by atoms with Gasteiger partial charge in [0.05, 0.1) is 11.2 Å². The predicted molar refractivity (Wildman–Crippen MR) is 107 cm³/mol. The minimum absolute atomic E-state index is 0.721. The molecule has 4 rings (SSSR count). The zero-order valence-electron chi connectivity index (χ0n) is 14.8. The molecule has 26 heavy (non-hydrogen) atoms. The Kier molecular flexibility index (Phi) is 4.01. The number of nitrogens with zero attached hydrogens (tertiary/aromatic N) is 3. The van der Waals surface area contributed by atoms with Gasteiger partial charge in [0.1, 0.15) is 5.82 Å². The molecule has 0 spiro atoms. The Bertz CT molecular complexity index is 1110. The van der Waals surface area contributed by atoms with E-state index in [4.69, 9.17) is 10.7 Å². The predicted octanol–water partition coefficient (Wildman–Crippen LogP) is 4.63. The lowest BCUT2D eigenvalue weighted by atomic mass is 10.1. The molecule has 0 saturated heterocycles. The second-order valence-electron chi connectivity index (χ2n) is 6.28. The molecule has 128 valence electrons. The molecule has 2 aromatic heterocycles. The number of benzene rings is 2. The first-order chi connectivity index (χ1) is 12.7. The maximum Gasteiger partial charge on any atom is 0.161 e. The Labute approximate surface area is 152 Å². The molecular weight excluding hydrogens is 320 g/mol. The number of fused-ring (bicyclic) bond motifs is 1. The lowest BCUT2D eigenvalue weighted by Gasteiger charge is -2.11. The first-order valence-electron chi connectivity index (χ1n) is 8.59. The highest BCUT2D eigenvalue weighted by Crippen LogP contribution is 2.30. The Hall–Kier alpha value is -3.40. The first-order valence-corrected chi connectivity index (χ1v) is 8.59. The Morgan fingerprint density at radius 3 is 2.42 bits per heavy atom.